The fourth-order valence-corrected chi connectivity index (χ4v) is 11.7. The van der Waals surface area contributed by atoms with Gasteiger partial charge in [-0.3, -0.25) is 0 Å². The van der Waals surface area contributed by atoms with Gasteiger partial charge in [-0.25, -0.2) is 0 Å². The van der Waals surface area contributed by atoms with Gasteiger partial charge < -0.3 is 9.47 Å². The van der Waals surface area contributed by atoms with Crippen molar-refractivity contribution in [2.45, 2.75) is 105 Å². The number of nitrogens with zero attached hydrogens (tertiary/aromatic N) is 2. The zero-order valence-corrected chi connectivity index (χ0v) is 46.5. The van der Waals surface area contributed by atoms with Gasteiger partial charge in [0.05, 0.1) is 28.1 Å². The van der Waals surface area contributed by atoms with E-state index in [0.29, 0.717) is 0 Å². The van der Waals surface area contributed by atoms with Crippen molar-refractivity contribution < 1.29 is 0 Å². The molecule has 0 spiro atoms. The summed E-state index contributed by atoms with van der Waals surface area (Å²) in [6.07, 6.45) is 0. The number of fused-ring (bicyclic) bond motifs is 3. The third-order valence-electron chi connectivity index (χ3n) is 16.1. The normalized spacial score (nSPS) is 12.7. The lowest BCUT2D eigenvalue weighted by Gasteiger charge is -2.32. The molecule has 0 radical (unpaired) electrons. The van der Waals surface area contributed by atoms with Gasteiger partial charge in [-0.05, 0) is 136 Å². The van der Waals surface area contributed by atoms with Crippen LogP contribution in [0, 0.1) is 0 Å². The van der Waals surface area contributed by atoms with Crippen LogP contribution in [-0.2, 0) is 21.7 Å². The van der Waals surface area contributed by atoms with Crippen LogP contribution >= 0.6 is 0 Å². The average Bonchev–Trinajstić information content (AvgIpc) is 3.75. The molecule has 0 bridgehead atoms. The van der Waals surface area contributed by atoms with E-state index in [2.05, 4.69) is 299 Å². The van der Waals surface area contributed by atoms with Crippen molar-refractivity contribution in [3.8, 4) is 39.1 Å². The van der Waals surface area contributed by atoms with Crippen molar-refractivity contribution in [1.29, 1.82) is 0 Å². The highest BCUT2D eigenvalue weighted by Crippen LogP contribution is 2.51. The summed E-state index contributed by atoms with van der Waals surface area (Å²) in [5.41, 5.74) is 19.5. The smallest absolute Gasteiger partial charge is 0.0618 e. The van der Waals surface area contributed by atoms with E-state index in [-0.39, 0.29) is 21.7 Å². The Balaban J connectivity index is 1.16. The highest BCUT2D eigenvalue weighted by atomic mass is 15.1. The molecule has 0 unspecified atom stereocenters. The average molecular weight is 987 g/mol. The number of hydrogen-bond acceptors (Lipinski definition) is 1. The predicted molar refractivity (Wildman–Crippen MR) is 330 cm³/mol. The Hall–Kier alpha value is -7.94. The summed E-state index contributed by atoms with van der Waals surface area (Å²) in [6, 6.07) is 78.5. The van der Waals surface area contributed by atoms with E-state index in [0.717, 1.165) is 17.1 Å². The molecule has 2 heteroatoms. The van der Waals surface area contributed by atoms with Crippen LogP contribution < -0.4 is 4.90 Å². The predicted octanol–water partition coefficient (Wildman–Crippen LogP) is 21.3. The van der Waals surface area contributed by atoms with Crippen molar-refractivity contribution in [1.82, 2.24) is 4.57 Å². The molecule has 0 N–H and O–H groups in total. The lowest BCUT2D eigenvalue weighted by molar-refractivity contribution is 0.569. The first-order valence-corrected chi connectivity index (χ1v) is 27.3. The molecule has 12 rings (SSSR count). The van der Waals surface area contributed by atoms with Crippen LogP contribution in [0.25, 0.3) is 93.2 Å². The second-order valence-corrected chi connectivity index (χ2v) is 25.5. The summed E-state index contributed by atoms with van der Waals surface area (Å²) in [4.78, 5) is 2.58. The quantitative estimate of drug-likeness (QED) is 0.145. The van der Waals surface area contributed by atoms with Crippen LogP contribution in [0.4, 0.5) is 17.1 Å². The topological polar surface area (TPSA) is 8.17 Å². The molecule has 0 atom stereocenters. The molecule has 376 valence electrons. The molecule has 2 nitrogen and oxygen atoms in total. The van der Waals surface area contributed by atoms with E-state index in [1.807, 2.05) is 0 Å². The van der Waals surface area contributed by atoms with E-state index < -0.39 is 0 Å². The highest BCUT2D eigenvalue weighted by Gasteiger charge is 2.28. The summed E-state index contributed by atoms with van der Waals surface area (Å²) in [5.74, 6) is 0. The number of rotatable bonds is 7. The molecule has 12 aromatic rings. The van der Waals surface area contributed by atoms with Crippen molar-refractivity contribution >= 4 is 71.2 Å². The Morgan fingerprint density at radius 3 is 1.30 bits per heavy atom. The van der Waals surface area contributed by atoms with E-state index in [9.17, 15) is 0 Å². The minimum atomic E-state index is -0.0203. The largest absolute Gasteiger partial charge is 0.309 e. The SMILES string of the molecule is CC(C)(C)c1cc(-c2cccc(N(c3c(-c4ccccc4)cccc3-c3ccccc3)c3ccc4ccc5c(-n6c7ccc(C(C)(C)C)cc7c7cc(C(C)(C)C)ccc76)ccc6ccc3c4c65)c2)cc(C(C)(C)C)c1. The van der Waals surface area contributed by atoms with Gasteiger partial charge in [0.2, 0.25) is 0 Å². The van der Waals surface area contributed by atoms with Gasteiger partial charge in [0.25, 0.3) is 0 Å². The van der Waals surface area contributed by atoms with Crippen LogP contribution in [0.3, 0.4) is 0 Å². The lowest BCUT2D eigenvalue weighted by Crippen LogP contribution is -2.16. The van der Waals surface area contributed by atoms with Crippen molar-refractivity contribution in [3.05, 3.63) is 229 Å². The maximum absolute atomic E-state index is 2.58. The van der Waals surface area contributed by atoms with Gasteiger partial charge in [0.15, 0.2) is 0 Å². The molecule has 1 heterocycles. The summed E-state index contributed by atoms with van der Waals surface area (Å²) >= 11 is 0. The number of hydrogen-bond donors (Lipinski definition) is 0. The van der Waals surface area contributed by atoms with Gasteiger partial charge in [0.1, 0.15) is 0 Å². The maximum atomic E-state index is 2.58. The molecule has 1 aromatic heterocycles. The number of para-hydroxylation sites is 1. The van der Waals surface area contributed by atoms with Crippen molar-refractivity contribution in [2.75, 3.05) is 4.90 Å². The first kappa shape index (κ1) is 49.0. The van der Waals surface area contributed by atoms with Crippen molar-refractivity contribution in [3.63, 3.8) is 0 Å². The molecule has 11 aromatic carbocycles. The van der Waals surface area contributed by atoms with Gasteiger partial charge in [-0.1, -0.05) is 241 Å². The summed E-state index contributed by atoms with van der Waals surface area (Å²) in [7, 11) is 0. The fourth-order valence-electron chi connectivity index (χ4n) is 11.7. The van der Waals surface area contributed by atoms with E-state index in [1.54, 1.807) is 0 Å². The lowest BCUT2D eigenvalue weighted by atomic mass is 9.79. The summed E-state index contributed by atoms with van der Waals surface area (Å²) in [5, 5.41) is 10.0. The van der Waals surface area contributed by atoms with Crippen LogP contribution in [0.15, 0.2) is 206 Å². The Kier molecular flexibility index (Phi) is 11.5. The minimum absolute atomic E-state index is 0.0146. The molecule has 0 aliphatic rings. The van der Waals surface area contributed by atoms with E-state index >= 15 is 0 Å². The minimum Gasteiger partial charge on any atom is -0.309 e. The maximum Gasteiger partial charge on any atom is 0.0618 e. The third-order valence-corrected chi connectivity index (χ3v) is 16.1. The standard InChI is InChI=1S/C74H70N2/c1-71(2,3)53-33-39-66-62(45-53)63-46-54(72(4,5)6)34-40-67(63)76(66)65-38-32-50-29-35-60-64(37-31-49-30-36-61(65)69(50)68(49)60)75(70-58(47-21-15-13-16-22-47)27-20-28-59(70)48-23-17-14-18-24-48)57-26-19-25-51(43-57)52-41-55(73(7,8)9)44-56(42-52)74(10,11)12/h13-46H,1-12H3. The second-order valence-electron chi connectivity index (χ2n) is 25.5. The zero-order valence-electron chi connectivity index (χ0n) is 46.5. The molecule has 0 aliphatic heterocycles. The number of aromatic nitrogens is 1. The summed E-state index contributed by atoms with van der Waals surface area (Å²) in [6.45, 7) is 27.9. The highest BCUT2D eigenvalue weighted by molar-refractivity contribution is 6.28. The Morgan fingerprint density at radius 2 is 0.776 bits per heavy atom. The number of benzene rings is 11. The van der Waals surface area contributed by atoms with Crippen LogP contribution in [0.1, 0.15) is 105 Å². The second kappa shape index (κ2) is 17.8. The molecule has 0 saturated carbocycles. The molecule has 0 fully saturated rings. The summed E-state index contributed by atoms with van der Waals surface area (Å²) < 4.78 is 2.54. The van der Waals surface area contributed by atoms with Crippen LogP contribution in [-0.4, -0.2) is 4.57 Å². The van der Waals surface area contributed by atoms with Gasteiger partial charge in [-0.2, -0.15) is 0 Å². The molecule has 0 aliphatic carbocycles. The van der Waals surface area contributed by atoms with Gasteiger partial charge in [0, 0.05) is 38.4 Å². The molecule has 0 saturated heterocycles. The van der Waals surface area contributed by atoms with E-state index in [4.69, 9.17) is 0 Å². The van der Waals surface area contributed by atoms with Crippen LogP contribution in [0.5, 0.6) is 0 Å². The monoisotopic (exact) mass is 987 g/mol. The molecular formula is C74H70N2. The Morgan fingerprint density at radius 1 is 0.316 bits per heavy atom. The third kappa shape index (κ3) is 8.44. The van der Waals surface area contributed by atoms with Crippen LogP contribution in [0.2, 0.25) is 0 Å². The fraction of sp³-hybridized carbons (Fsp3) is 0.216. The van der Waals surface area contributed by atoms with Gasteiger partial charge >= 0.3 is 0 Å². The van der Waals surface area contributed by atoms with E-state index in [1.165, 1.54) is 115 Å². The Labute approximate surface area is 450 Å². The molecule has 76 heavy (non-hydrogen) atoms. The number of anilines is 3. The van der Waals surface area contributed by atoms with Crippen molar-refractivity contribution in [2.24, 2.45) is 0 Å². The zero-order chi connectivity index (χ0) is 53.1. The molecular weight excluding hydrogens is 917 g/mol. The first-order valence-electron chi connectivity index (χ1n) is 27.3. The molecule has 0 amide bonds. The first-order chi connectivity index (χ1) is 36.2. The Bertz CT molecular complexity index is 4020. The van der Waals surface area contributed by atoms with Gasteiger partial charge in [-0.15, -0.1) is 0 Å².